The molecular weight excluding hydrogens is 192 g/mol. The van der Waals surface area contributed by atoms with E-state index in [4.69, 9.17) is 0 Å². The normalized spacial score (nSPS) is 18.0. The van der Waals surface area contributed by atoms with Gasteiger partial charge in [-0.2, -0.15) is 0 Å². The van der Waals surface area contributed by atoms with Gasteiger partial charge in [0.2, 0.25) is 0 Å². The Morgan fingerprint density at radius 1 is 1.20 bits per heavy atom. The van der Waals surface area contributed by atoms with E-state index in [1.54, 1.807) is 4.90 Å². The van der Waals surface area contributed by atoms with E-state index in [2.05, 4.69) is 5.32 Å². The first-order valence-electron chi connectivity index (χ1n) is 5.58. The van der Waals surface area contributed by atoms with Crippen LogP contribution in [0.4, 0.5) is 4.79 Å². The highest BCUT2D eigenvalue weighted by Crippen LogP contribution is 2.09. The third-order valence-corrected chi connectivity index (χ3v) is 2.78. The number of rotatable bonds is 3. The quantitative estimate of drug-likeness (QED) is 0.769. The van der Waals surface area contributed by atoms with Crippen LogP contribution in [0.1, 0.15) is 33.6 Å². The van der Waals surface area contributed by atoms with Gasteiger partial charge in [-0.3, -0.25) is 4.79 Å². The van der Waals surface area contributed by atoms with Crippen LogP contribution < -0.4 is 5.32 Å². The molecular formula is C11H20N2O2. The van der Waals surface area contributed by atoms with Crippen LogP contribution in [0.5, 0.6) is 0 Å². The summed E-state index contributed by atoms with van der Waals surface area (Å²) in [6.45, 7) is 7.03. The fraction of sp³-hybridized carbons (Fsp3) is 0.818. The minimum atomic E-state index is -0.349. The molecule has 1 rings (SSSR count). The van der Waals surface area contributed by atoms with E-state index >= 15 is 0 Å². The SMILES string of the molecule is CC(=O)[C@@H](NC(=O)N1CCCC1)C(C)C. The smallest absolute Gasteiger partial charge is 0.317 e. The van der Waals surface area contributed by atoms with E-state index in [1.165, 1.54) is 6.92 Å². The van der Waals surface area contributed by atoms with E-state index in [-0.39, 0.29) is 23.8 Å². The van der Waals surface area contributed by atoms with Crippen molar-refractivity contribution in [3.8, 4) is 0 Å². The van der Waals surface area contributed by atoms with E-state index in [0.717, 1.165) is 25.9 Å². The van der Waals surface area contributed by atoms with Crippen molar-refractivity contribution in [3.05, 3.63) is 0 Å². The van der Waals surface area contributed by atoms with E-state index in [1.807, 2.05) is 13.8 Å². The zero-order valence-corrected chi connectivity index (χ0v) is 9.75. The van der Waals surface area contributed by atoms with Gasteiger partial charge in [0.05, 0.1) is 6.04 Å². The van der Waals surface area contributed by atoms with Crippen LogP contribution in [-0.2, 0) is 4.79 Å². The van der Waals surface area contributed by atoms with Crippen LogP contribution in [0.25, 0.3) is 0 Å². The van der Waals surface area contributed by atoms with E-state index < -0.39 is 0 Å². The van der Waals surface area contributed by atoms with Crippen molar-refractivity contribution in [1.29, 1.82) is 0 Å². The second-order valence-electron chi connectivity index (χ2n) is 4.48. The first kappa shape index (κ1) is 12.0. The highest BCUT2D eigenvalue weighted by molar-refractivity contribution is 5.87. The molecule has 1 atom stereocenters. The minimum absolute atomic E-state index is 0.0255. The van der Waals surface area contributed by atoms with Gasteiger partial charge in [0, 0.05) is 13.1 Å². The first-order valence-corrected chi connectivity index (χ1v) is 5.58. The average molecular weight is 212 g/mol. The lowest BCUT2D eigenvalue weighted by atomic mass is 10.0. The van der Waals surface area contributed by atoms with Crippen molar-refractivity contribution in [3.63, 3.8) is 0 Å². The Morgan fingerprint density at radius 2 is 1.73 bits per heavy atom. The van der Waals surface area contributed by atoms with Crippen LogP contribution in [-0.4, -0.2) is 35.8 Å². The fourth-order valence-corrected chi connectivity index (χ4v) is 1.88. The van der Waals surface area contributed by atoms with Crippen LogP contribution in [0.2, 0.25) is 0 Å². The van der Waals surface area contributed by atoms with E-state index in [9.17, 15) is 9.59 Å². The summed E-state index contributed by atoms with van der Waals surface area (Å²) in [5.41, 5.74) is 0. The first-order chi connectivity index (χ1) is 7.02. The van der Waals surface area contributed by atoms with Crippen LogP contribution in [0.3, 0.4) is 0 Å². The zero-order chi connectivity index (χ0) is 11.4. The molecule has 1 aliphatic heterocycles. The molecule has 0 aliphatic carbocycles. The molecule has 0 aromatic heterocycles. The molecule has 1 aliphatic rings. The molecule has 0 spiro atoms. The number of hydrogen-bond acceptors (Lipinski definition) is 2. The maximum absolute atomic E-state index is 11.7. The summed E-state index contributed by atoms with van der Waals surface area (Å²) in [5, 5.41) is 2.80. The predicted octanol–water partition coefficient (Wildman–Crippen LogP) is 1.41. The van der Waals surface area contributed by atoms with Gasteiger partial charge in [0.1, 0.15) is 0 Å². The summed E-state index contributed by atoms with van der Waals surface area (Å²) in [5.74, 6) is 0.173. The van der Waals surface area contributed by atoms with Crippen molar-refractivity contribution >= 4 is 11.8 Å². The Kier molecular flexibility index (Phi) is 4.12. The number of Topliss-reactive ketones (excluding diaryl/α,β-unsaturated/α-hetero) is 1. The largest absolute Gasteiger partial charge is 0.328 e. The molecule has 1 N–H and O–H groups in total. The van der Waals surface area contributed by atoms with Crippen molar-refractivity contribution in [2.75, 3.05) is 13.1 Å². The van der Waals surface area contributed by atoms with Crippen LogP contribution in [0.15, 0.2) is 0 Å². The summed E-state index contributed by atoms with van der Waals surface area (Å²) in [6.07, 6.45) is 2.14. The second-order valence-corrected chi connectivity index (χ2v) is 4.48. The molecule has 4 heteroatoms. The molecule has 1 saturated heterocycles. The third-order valence-electron chi connectivity index (χ3n) is 2.78. The lowest BCUT2D eigenvalue weighted by Gasteiger charge is -2.23. The molecule has 0 unspecified atom stereocenters. The Morgan fingerprint density at radius 3 is 2.13 bits per heavy atom. The number of urea groups is 1. The number of nitrogens with one attached hydrogen (secondary N) is 1. The molecule has 0 bridgehead atoms. The van der Waals surface area contributed by atoms with E-state index in [0.29, 0.717) is 0 Å². The monoisotopic (exact) mass is 212 g/mol. The maximum Gasteiger partial charge on any atom is 0.317 e. The average Bonchev–Trinajstić information content (AvgIpc) is 2.65. The molecule has 0 radical (unpaired) electrons. The zero-order valence-electron chi connectivity index (χ0n) is 9.75. The summed E-state index contributed by atoms with van der Waals surface area (Å²) in [4.78, 5) is 24.8. The number of ketones is 1. The molecule has 0 aromatic rings. The number of carbonyl (C=O) groups excluding carboxylic acids is 2. The van der Waals surface area contributed by atoms with Crippen molar-refractivity contribution < 1.29 is 9.59 Å². The van der Waals surface area contributed by atoms with Gasteiger partial charge in [-0.05, 0) is 25.7 Å². The van der Waals surface area contributed by atoms with Gasteiger partial charge in [0.25, 0.3) is 0 Å². The van der Waals surface area contributed by atoms with Crippen molar-refractivity contribution in [2.45, 2.75) is 39.7 Å². The lowest BCUT2D eigenvalue weighted by Crippen LogP contribution is -2.48. The number of likely N-dealkylation sites (tertiary alicyclic amines) is 1. The highest BCUT2D eigenvalue weighted by atomic mass is 16.2. The molecule has 86 valence electrons. The Labute approximate surface area is 91.0 Å². The molecule has 2 amide bonds. The number of carbonyl (C=O) groups is 2. The summed E-state index contributed by atoms with van der Waals surface area (Å²) >= 11 is 0. The van der Waals surface area contributed by atoms with Crippen molar-refractivity contribution in [2.24, 2.45) is 5.92 Å². The molecule has 1 fully saturated rings. The number of amides is 2. The van der Waals surface area contributed by atoms with Crippen molar-refractivity contribution in [1.82, 2.24) is 10.2 Å². The van der Waals surface area contributed by atoms with Crippen LogP contribution in [0, 0.1) is 5.92 Å². The van der Waals surface area contributed by atoms with Gasteiger partial charge in [0.15, 0.2) is 5.78 Å². The maximum atomic E-state index is 11.7. The number of hydrogen-bond donors (Lipinski definition) is 1. The summed E-state index contributed by atoms with van der Waals surface area (Å²) in [6, 6.07) is -0.445. The second kappa shape index (κ2) is 5.14. The highest BCUT2D eigenvalue weighted by Gasteiger charge is 2.24. The number of nitrogens with zero attached hydrogens (tertiary/aromatic N) is 1. The predicted molar refractivity (Wildman–Crippen MR) is 58.6 cm³/mol. The Balaban J connectivity index is 2.50. The standard InChI is InChI=1S/C11H20N2O2/c1-8(2)10(9(3)14)12-11(15)13-6-4-5-7-13/h8,10H,4-7H2,1-3H3,(H,12,15)/t10-/m0/s1. The van der Waals surface area contributed by atoms with Gasteiger partial charge >= 0.3 is 6.03 Å². The molecule has 4 nitrogen and oxygen atoms in total. The Hall–Kier alpha value is -1.06. The summed E-state index contributed by atoms with van der Waals surface area (Å²) < 4.78 is 0. The lowest BCUT2D eigenvalue weighted by molar-refractivity contribution is -0.119. The minimum Gasteiger partial charge on any atom is -0.328 e. The molecule has 1 heterocycles. The third kappa shape index (κ3) is 3.22. The molecule has 15 heavy (non-hydrogen) atoms. The van der Waals surface area contributed by atoms with Crippen LogP contribution >= 0.6 is 0 Å². The topological polar surface area (TPSA) is 49.4 Å². The van der Waals surface area contributed by atoms with Gasteiger partial charge in [-0.1, -0.05) is 13.8 Å². The molecule has 0 aromatic carbocycles. The van der Waals surface area contributed by atoms with Gasteiger partial charge in [-0.25, -0.2) is 4.79 Å². The Bertz CT molecular complexity index is 245. The van der Waals surface area contributed by atoms with Gasteiger partial charge < -0.3 is 10.2 Å². The summed E-state index contributed by atoms with van der Waals surface area (Å²) in [7, 11) is 0. The fourth-order valence-electron chi connectivity index (χ4n) is 1.88. The van der Waals surface area contributed by atoms with Gasteiger partial charge in [-0.15, -0.1) is 0 Å². The molecule has 0 saturated carbocycles.